The monoisotopic (exact) mass is 291 g/mol. The number of carbonyl (C=O) groups excluding carboxylic acids is 1. The summed E-state index contributed by atoms with van der Waals surface area (Å²) < 4.78 is 23.5. The summed E-state index contributed by atoms with van der Waals surface area (Å²) >= 11 is 0. The molecule has 19 heavy (non-hydrogen) atoms. The molecule has 0 saturated heterocycles. The van der Waals surface area contributed by atoms with E-state index in [1.807, 2.05) is 0 Å². The summed E-state index contributed by atoms with van der Waals surface area (Å²) in [5.74, 6) is -1.50. The van der Waals surface area contributed by atoms with E-state index >= 15 is 0 Å². The first-order valence-electron chi connectivity index (χ1n) is 7.38. The van der Waals surface area contributed by atoms with Gasteiger partial charge in [-0.1, -0.05) is 58.8 Å². The lowest BCUT2D eigenvalue weighted by Gasteiger charge is -2.16. The molecule has 0 fully saturated rings. The van der Waals surface area contributed by atoms with Gasteiger partial charge in [0.15, 0.2) is 9.84 Å². The minimum absolute atomic E-state index is 0.0333. The van der Waals surface area contributed by atoms with Crippen molar-refractivity contribution in [2.24, 2.45) is 0 Å². The summed E-state index contributed by atoms with van der Waals surface area (Å²) in [6, 6.07) is 0. The van der Waals surface area contributed by atoms with E-state index in [2.05, 4.69) is 6.92 Å². The maximum atomic E-state index is 11.8. The summed E-state index contributed by atoms with van der Waals surface area (Å²) in [7, 11) is -3.54. The molecule has 0 rings (SSSR count). The molecule has 5 heteroatoms. The number of sulfone groups is 1. The first kappa shape index (κ1) is 18.4. The second kappa shape index (κ2) is 10.2. The fourth-order valence-corrected chi connectivity index (χ4v) is 3.84. The van der Waals surface area contributed by atoms with Gasteiger partial charge in [-0.05, 0) is 12.8 Å². The second-order valence-electron chi connectivity index (χ2n) is 5.06. The van der Waals surface area contributed by atoms with Crippen molar-refractivity contribution < 1.29 is 18.3 Å². The smallest absolute Gasteiger partial charge is 0.158 e. The van der Waals surface area contributed by atoms with Gasteiger partial charge >= 0.3 is 0 Å². The summed E-state index contributed by atoms with van der Waals surface area (Å²) in [5, 5.41) is 9.39. The van der Waals surface area contributed by atoms with Crippen molar-refractivity contribution >= 4 is 15.8 Å². The molecule has 1 unspecified atom stereocenters. The van der Waals surface area contributed by atoms with Crippen molar-refractivity contribution in [2.75, 3.05) is 5.75 Å². The van der Waals surface area contributed by atoms with Crippen LogP contribution < -0.4 is 5.11 Å². The van der Waals surface area contributed by atoms with Gasteiger partial charge in [-0.25, -0.2) is 8.42 Å². The molecule has 114 valence electrons. The molecule has 0 heterocycles. The third-order valence-electron chi connectivity index (χ3n) is 3.35. The first-order chi connectivity index (χ1) is 8.95. The van der Waals surface area contributed by atoms with Gasteiger partial charge in [0.1, 0.15) is 5.25 Å². The van der Waals surface area contributed by atoms with Crippen molar-refractivity contribution in [3.8, 4) is 0 Å². The van der Waals surface area contributed by atoms with Gasteiger partial charge in [0.2, 0.25) is 0 Å². The van der Waals surface area contributed by atoms with Crippen LogP contribution in [0.3, 0.4) is 0 Å². The molecule has 0 aliphatic heterocycles. The van der Waals surface area contributed by atoms with Gasteiger partial charge in [-0.3, -0.25) is 0 Å². The Morgan fingerprint density at radius 3 is 1.84 bits per heavy atom. The average molecular weight is 291 g/mol. The van der Waals surface area contributed by atoms with E-state index in [0.29, 0.717) is 6.42 Å². The molecule has 0 saturated carbocycles. The number of carboxylic acids is 1. The van der Waals surface area contributed by atoms with E-state index in [1.165, 1.54) is 25.7 Å². The average Bonchev–Trinajstić information content (AvgIpc) is 2.32. The Bertz CT molecular complexity index is 335. The Balaban J connectivity index is 3.78. The third kappa shape index (κ3) is 8.24. The lowest BCUT2D eigenvalue weighted by molar-refractivity contribution is -0.305. The molecule has 0 spiro atoms. The normalized spacial score (nSPS) is 13.4. The maximum Gasteiger partial charge on any atom is 0.158 e. The third-order valence-corrected chi connectivity index (χ3v) is 5.60. The molecule has 0 aliphatic rings. The Kier molecular flexibility index (Phi) is 9.92. The lowest BCUT2D eigenvalue weighted by Crippen LogP contribution is -2.41. The van der Waals surface area contributed by atoms with Gasteiger partial charge in [-0.2, -0.15) is 0 Å². The number of aliphatic carboxylic acids is 1. The Morgan fingerprint density at radius 1 is 0.947 bits per heavy atom. The molecule has 0 aromatic heterocycles. The second-order valence-corrected chi connectivity index (χ2v) is 7.36. The van der Waals surface area contributed by atoms with Crippen LogP contribution in [0.1, 0.15) is 71.6 Å². The SMILES string of the molecule is CCCCCCCCCCS(=O)(=O)C(CC)C(=O)[O-]. The van der Waals surface area contributed by atoms with Crippen LogP contribution in [-0.4, -0.2) is 25.4 Å². The van der Waals surface area contributed by atoms with Crippen LogP contribution in [0.15, 0.2) is 0 Å². The molecule has 0 aliphatic carbocycles. The van der Waals surface area contributed by atoms with E-state index in [9.17, 15) is 18.3 Å². The first-order valence-corrected chi connectivity index (χ1v) is 9.09. The van der Waals surface area contributed by atoms with E-state index < -0.39 is 21.1 Å². The minimum atomic E-state index is -3.54. The Hall–Kier alpha value is -0.580. The summed E-state index contributed by atoms with van der Waals surface area (Å²) in [4.78, 5) is 10.7. The molecular formula is C14H27O4S-. The van der Waals surface area contributed by atoms with Crippen molar-refractivity contribution in [1.29, 1.82) is 0 Å². The number of carbonyl (C=O) groups is 1. The van der Waals surface area contributed by atoms with Gasteiger partial charge < -0.3 is 9.90 Å². The standard InChI is InChI=1S/C14H28O4S/c1-3-5-6-7-8-9-10-11-12-19(17,18)13(4-2)14(15)16/h13H,3-12H2,1-2H3,(H,15,16)/p-1. The molecule has 4 nitrogen and oxygen atoms in total. The topological polar surface area (TPSA) is 74.3 Å². The molecule has 0 radical (unpaired) electrons. The molecule has 0 bridgehead atoms. The zero-order chi connectivity index (χ0) is 14.7. The predicted octanol–water partition coefficient (Wildman–Crippen LogP) is 2.07. The highest BCUT2D eigenvalue weighted by atomic mass is 32.2. The van der Waals surface area contributed by atoms with Crippen molar-refractivity contribution in [1.82, 2.24) is 0 Å². The molecule has 0 aromatic rings. The largest absolute Gasteiger partial charge is 0.549 e. The van der Waals surface area contributed by atoms with E-state index in [4.69, 9.17) is 0 Å². The quantitative estimate of drug-likeness (QED) is 0.516. The van der Waals surface area contributed by atoms with Crippen LogP contribution in [0.4, 0.5) is 0 Å². The lowest BCUT2D eigenvalue weighted by atomic mass is 10.1. The van der Waals surface area contributed by atoms with Crippen LogP contribution >= 0.6 is 0 Å². The number of unbranched alkanes of at least 4 members (excludes halogenated alkanes) is 7. The predicted molar refractivity (Wildman–Crippen MR) is 75.5 cm³/mol. The highest BCUT2D eigenvalue weighted by molar-refractivity contribution is 7.92. The number of hydrogen-bond acceptors (Lipinski definition) is 4. The number of carboxylic acid groups (broad SMARTS) is 1. The minimum Gasteiger partial charge on any atom is -0.549 e. The highest BCUT2D eigenvalue weighted by Gasteiger charge is 2.24. The van der Waals surface area contributed by atoms with Crippen LogP contribution in [0.2, 0.25) is 0 Å². The van der Waals surface area contributed by atoms with Crippen LogP contribution in [0, 0.1) is 0 Å². The van der Waals surface area contributed by atoms with Gasteiger partial charge in [0, 0.05) is 0 Å². The Morgan fingerprint density at radius 2 is 1.42 bits per heavy atom. The molecule has 1 atom stereocenters. The zero-order valence-corrected chi connectivity index (χ0v) is 13.0. The number of rotatable bonds is 12. The molecule has 0 N–H and O–H groups in total. The van der Waals surface area contributed by atoms with Gasteiger partial charge in [0.25, 0.3) is 0 Å². The van der Waals surface area contributed by atoms with Crippen LogP contribution in [-0.2, 0) is 14.6 Å². The Labute approximate surface area is 117 Å². The fraction of sp³-hybridized carbons (Fsp3) is 0.929. The van der Waals surface area contributed by atoms with Crippen LogP contribution in [0.5, 0.6) is 0 Å². The van der Waals surface area contributed by atoms with Crippen molar-refractivity contribution in [3.63, 3.8) is 0 Å². The molecule has 0 aromatic carbocycles. The molecular weight excluding hydrogens is 264 g/mol. The number of hydrogen-bond donors (Lipinski definition) is 0. The summed E-state index contributed by atoms with van der Waals surface area (Å²) in [6.07, 6.45) is 8.60. The summed E-state index contributed by atoms with van der Waals surface area (Å²) in [6.45, 7) is 3.73. The van der Waals surface area contributed by atoms with Crippen LogP contribution in [0.25, 0.3) is 0 Å². The fourth-order valence-electron chi connectivity index (χ4n) is 2.15. The van der Waals surface area contributed by atoms with E-state index in [0.717, 1.165) is 19.3 Å². The summed E-state index contributed by atoms with van der Waals surface area (Å²) in [5.41, 5.74) is 0. The molecule has 0 amide bonds. The van der Waals surface area contributed by atoms with E-state index in [-0.39, 0.29) is 12.2 Å². The van der Waals surface area contributed by atoms with Gasteiger partial charge in [-0.15, -0.1) is 0 Å². The maximum absolute atomic E-state index is 11.8. The van der Waals surface area contributed by atoms with E-state index in [1.54, 1.807) is 6.92 Å². The van der Waals surface area contributed by atoms with Crippen molar-refractivity contribution in [3.05, 3.63) is 0 Å². The highest BCUT2D eigenvalue weighted by Crippen LogP contribution is 2.12. The van der Waals surface area contributed by atoms with Crippen molar-refractivity contribution in [2.45, 2.75) is 76.9 Å². The van der Waals surface area contributed by atoms with Gasteiger partial charge in [0.05, 0.1) is 11.7 Å². The zero-order valence-electron chi connectivity index (χ0n) is 12.2.